The van der Waals surface area contributed by atoms with Crippen molar-refractivity contribution in [3.63, 3.8) is 0 Å². The van der Waals surface area contributed by atoms with Crippen molar-refractivity contribution < 1.29 is 19.4 Å². The monoisotopic (exact) mass is 148 g/mol. The van der Waals surface area contributed by atoms with Gasteiger partial charge in [0.15, 0.2) is 0 Å². The summed E-state index contributed by atoms with van der Waals surface area (Å²) in [6.45, 7) is 1.65. The van der Waals surface area contributed by atoms with Crippen molar-refractivity contribution in [1.29, 1.82) is 0 Å². The molecular weight excluding hydrogens is 136 g/mol. The minimum atomic E-state index is -0.749. The maximum absolute atomic E-state index is 10.4. The van der Waals surface area contributed by atoms with Crippen LogP contribution in [-0.2, 0) is 9.47 Å². The van der Waals surface area contributed by atoms with Crippen LogP contribution in [0.15, 0.2) is 0 Å². The first kappa shape index (κ1) is 9.23. The minimum absolute atomic E-state index is 0.161. The normalized spacial score (nSPS) is 12.3. The fraction of sp³-hybridized carbons (Fsp3) is 0.833. The van der Waals surface area contributed by atoms with E-state index in [0.717, 1.165) is 0 Å². The summed E-state index contributed by atoms with van der Waals surface area (Å²) >= 11 is 0. The van der Waals surface area contributed by atoms with Crippen LogP contribution < -0.4 is 0 Å². The van der Waals surface area contributed by atoms with E-state index in [4.69, 9.17) is 5.11 Å². The highest BCUT2D eigenvalue weighted by atomic mass is 16.7. The number of ether oxygens (including phenoxy) is 2. The third-order valence-corrected chi connectivity index (χ3v) is 1.09. The van der Waals surface area contributed by atoms with Crippen LogP contribution in [0, 0.1) is 0 Å². The lowest BCUT2D eigenvalue weighted by atomic mass is 10.3. The number of hydrogen-bond donors (Lipinski definition) is 1. The third kappa shape index (κ3) is 3.29. The predicted octanol–water partition coefficient (Wildman–Crippen LogP) is 0.540. The Balaban J connectivity index is 3.52. The Kier molecular flexibility index (Phi) is 4.66. The molecule has 1 N–H and O–H groups in total. The first-order valence-corrected chi connectivity index (χ1v) is 3.10. The van der Waals surface area contributed by atoms with Gasteiger partial charge in [0, 0.05) is 0 Å². The van der Waals surface area contributed by atoms with Crippen LogP contribution in [0.1, 0.15) is 13.3 Å². The molecule has 0 aliphatic heterocycles. The molecule has 0 aromatic heterocycles. The van der Waals surface area contributed by atoms with Crippen LogP contribution in [0.4, 0.5) is 4.79 Å². The highest BCUT2D eigenvalue weighted by Gasteiger charge is 2.09. The predicted molar refractivity (Wildman–Crippen MR) is 34.7 cm³/mol. The molecule has 0 saturated carbocycles. The Morgan fingerprint density at radius 1 is 1.70 bits per heavy atom. The van der Waals surface area contributed by atoms with Crippen molar-refractivity contribution in [3.05, 3.63) is 0 Å². The van der Waals surface area contributed by atoms with Crippen LogP contribution in [0.3, 0.4) is 0 Å². The molecule has 0 aromatic rings. The first-order chi connectivity index (χ1) is 4.74. The summed E-state index contributed by atoms with van der Waals surface area (Å²) < 4.78 is 8.80. The van der Waals surface area contributed by atoms with E-state index in [2.05, 4.69) is 9.47 Å². The molecular formula is C6H12O4. The van der Waals surface area contributed by atoms with Crippen LogP contribution in [0.5, 0.6) is 0 Å². The Bertz CT molecular complexity index is 97.9. The van der Waals surface area contributed by atoms with E-state index in [1.54, 1.807) is 0 Å². The van der Waals surface area contributed by atoms with Crippen molar-refractivity contribution in [2.75, 3.05) is 13.7 Å². The average Bonchev–Trinajstić information content (AvgIpc) is 1.99. The van der Waals surface area contributed by atoms with E-state index in [0.29, 0.717) is 6.42 Å². The summed E-state index contributed by atoms with van der Waals surface area (Å²) in [5, 5.41) is 8.54. The van der Waals surface area contributed by atoms with Gasteiger partial charge in [-0.3, -0.25) is 0 Å². The molecule has 10 heavy (non-hydrogen) atoms. The van der Waals surface area contributed by atoms with Gasteiger partial charge in [-0.1, -0.05) is 6.92 Å². The van der Waals surface area contributed by atoms with Gasteiger partial charge in [-0.25, -0.2) is 4.79 Å². The smallest absolute Gasteiger partial charge is 0.438 e. The summed E-state index contributed by atoms with van der Waals surface area (Å²) in [5.41, 5.74) is 0. The lowest BCUT2D eigenvalue weighted by Gasteiger charge is -2.10. The van der Waals surface area contributed by atoms with Gasteiger partial charge in [0.05, 0.1) is 13.7 Å². The maximum Gasteiger partial charge on any atom is 0.508 e. The molecule has 0 aliphatic rings. The minimum Gasteiger partial charge on any atom is -0.438 e. The van der Waals surface area contributed by atoms with Crippen LogP contribution in [0.25, 0.3) is 0 Å². The number of carbonyl (C=O) groups excluding carboxylic acids is 1. The third-order valence-electron chi connectivity index (χ3n) is 1.09. The summed E-state index contributed by atoms with van der Waals surface area (Å²) in [4.78, 5) is 10.4. The van der Waals surface area contributed by atoms with E-state index in [1.807, 2.05) is 6.92 Å². The summed E-state index contributed by atoms with van der Waals surface area (Å²) in [5.74, 6) is 0. The summed E-state index contributed by atoms with van der Waals surface area (Å²) in [6, 6.07) is 0. The molecule has 60 valence electrons. The Labute approximate surface area is 59.7 Å². The molecule has 0 saturated heterocycles. The van der Waals surface area contributed by atoms with Gasteiger partial charge in [-0.15, -0.1) is 0 Å². The second kappa shape index (κ2) is 5.05. The zero-order valence-electron chi connectivity index (χ0n) is 6.16. The highest BCUT2D eigenvalue weighted by molar-refractivity contribution is 5.59. The van der Waals surface area contributed by atoms with E-state index in [1.165, 1.54) is 7.11 Å². The molecule has 4 nitrogen and oxygen atoms in total. The quantitative estimate of drug-likeness (QED) is 0.593. The Morgan fingerprint density at radius 3 is 2.60 bits per heavy atom. The molecule has 0 spiro atoms. The lowest BCUT2D eigenvalue weighted by Crippen LogP contribution is -2.20. The summed E-state index contributed by atoms with van der Waals surface area (Å²) in [6.07, 6.45) is -0.598. The van der Waals surface area contributed by atoms with Gasteiger partial charge in [0.2, 0.25) is 0 Å². The molecule has 1 atom stereocenters. The standard InChI is InChI=1S/C6H12O4/c1-3-5(4-7)10-6(8)9-2/h5,7H,3-4H2,1-2H3. The van der Waals surface area contributed by atoms with Gasteiger partial charge in [0.25, 0.3) is 0 Å². The first-order valence-electron chi connectivity index (χ1n) is 3.10. The zero-order chi connectivity index (χ0) is 7.98. The number of hydrogen-bond acceptors (Lipinski definition) is 4. The molecule has 0 rings (SSSR count). The van der Waals surface area contributed by atoms with Gasteiger partial charge < -0.3 is 14.6 Å². The van der Waals surface area contributed by atoms with Crippen LogP contribution in [0.2, 0.25) is 0 Å². The van der Waals surface area contributed by atoms with Crippen molar-refractivity contribution in [3.8, 4) is 0 Å². The molecule has 0 bridgehead atoms. The molecule has 0 aromatic carbocycles. The molecule has 0 aliphatic carbocycles. The zero-order valence-corrected chi connectivity index (χ0v) is 6.16. The van der Waals surface area contributed by atoms with Gasteiger partial charge in [-0.05, 0) is 6.42 Å². The molecule has 0 heterocycles. The number of aliphatic hydroxyl groups is 1. The van der Waals surface area contributed by atoms with Crippen molar-refractivity contribution in [1.82, 2.24) is 0 Å². The van der Waals surface area contributed by atoms with E-state index in [9.17, 15) is 4.79 Å². The van der Waals surface area contributed by atoms with Crippen molar-refractivity contribution in [2.24, 2.45) is 0 Å². The van der Waals surface area contributed by atoms with E-state index >= 15 is 0 Å². The fourth-order valence-corrected chi connectivity index (χ4v) is 0.434. The van der Waals surface area contributed by atoms with Crippen molar-refractivity contribution in [2.45, 2.75) is 19.4 Å². The van der Waals surface area contributed by atoms with Gasteiger partial charge >= 0.3 is 6.16 Å². The number of methoxy groups -OCH3 is 1. The second-order valence-electron chi connectivity index (χ2n) is 1.78. The molecule has 0 fully saturated rings. The molecule has 1 unspecified atom stereocenters. The van der Waals surface area contributed by atoms with Gasteiger partial charge in [-0.2, -0.15) is 0 Å². The lowest BCUT2D eigenvalue weighted by molar-refractivity contribution is 0.0118. The Morgan fingerprint density at radius 2 is 2.30 bits per heavy atom. The molecule has 0 amide bonds. The summed E-state index contributed by atoms with van der Waals surface area (Å²) in [7, 11) is 1.23. The SMILES string of the molecule is CCC(CO)OC(=O)OC. The highest BCUT2D eigenvalue weighted by Crippen LogP contribution is 1.97. The van der Waals surface area contributed by atoms with E-state index in [-0.39, 0.29) is 6.61 Å². The maximum atomic E-state index is 10.4. The molecule has 0 radical (unpaired) electrons. The van der Waals surface area contributed by atoms with Crippen molar-refractivity contribution >= 4 is 6.16 Å². The van der Waals surface area contributed by atoms with Crippen LogP contribution >= 0.6 is 0 Å². The topological polar surface area (TPSA) is 55.8 Å². The molecule has 4 heteroatoms. The number of aliphatic hydroxyl groups excluding tert-OH is 1. The second-order valence-corrected chi connectivity index (χ2v) is 1.78. The van der Waals surface area contributed by atoms with Crippen LogP contribution in [-0.4, -0.2) is 31.1 Å². The largest absolute Gasteiger partial charge is 0.508 e. The fourth-order valence-electron chi connectivity index (χ4n) is 0.434. The van der Waals surface area contributed by atoms with Gasteiger partial charge in [0.1, 0.15) is 6.10 Å². The number of rotatable bonds is 3. The number of carbonyl (C=O) groups is 1. The Hall–Kier alpha value is -0.770. The van der Waals surface area contributed by atoms with E-state index < -0.39 is 12.3 Å². The average molecular weight is 148 g/mol.